The van der Waals surface area contributed by atoms with E-state index in [-0.39, 0.29) is 0 Å². The molecule has 0 saturated heterocycles. The van der Waals surface area contributed by atoms with E-state index < -0.39 is 0 Å². The second kappa shape index (κ2) is 5.47. The van der Waals surface area contributed by atoms with Crippen molar-refractivity contribution in [2.75, 3.05) is 5.32 Å². The van der Waals surface area contributed by atoms with E-state index in [2.05, 4.69) is 31.2 Å². The first-order valence-electron chi connectivity index (χ1n) is 5.12. The zero-order valence-electron chi connectivity index (χ0n) is 9.24. The SMILES string of the molecule is Cc1nccc(CNc2ccc(Br)cc2Cl)n1. The predicted octanol–water partition coefficient (Wildman–Crippen LogP) is 3.81. The van der Waals surface area contributed by atoms with Crippen LogP contribution in [0.1, 0.15) is 11.5 Å². The van der Waals surface area contributed by atoms with Crippen LogP contribution in [0.4, 0.5) is 5.69 Å². The second-order valence-electron chi connectivity index (χ2n) is 3.57. The molecule has 0 bridgehead atoms. The lowest BCUT2D eigenvalue weighted by molar-refractivity contribution is 0.955. The van der Waals surface area contributed by atoms with Crippen LogP contribution in [-0.4, -0.2) is 9.97 Å². The number of benzene rings is 1. The summed E-state index contributed by atoms with van der Waals surface area (Å²) >= 11 is 9.47. The van der Waals surface area contributed by atoms with Crippen molar-refractivity contribution in [1.82, 2.24) is 9.97 Å². The molecular weight excluding hydrogens is 302 g/mol. The molecular formula is C12H11BrClN3. The highest BCUT2D eigenvalue weighted by molar-refractivity contribution is 9.10. The zero-order valence-corrected chi connectivity index (χ0v) is 11.6. The lowest BCUT2D eigenvalue weighted by atomic mass is 10.3. The Morgan fingerprint density at radius 1 is 1.35 bits per heavy atom. The number of hydrogen-bond donors (Lipinski definition) is 1. The Balaban J connectivity index is 2.07. The normalized spacial score (nSPS) is 10.3. The van der Waals surface area contributed by atoms with Crippen molar-refractivity contribution in [3.05, 3.63) is 51.5 Å². The fourth-order valence-corrected chi connectivity index (χ4v) is 2.16. The molecule has 0 atom stereocenters. The number of nitrogens with zero attached hydrogens (tertiary/aromatic N) is 2. The number of nitrogens with one attached hydrogen (secondary N) is 1. The van der Waals surface area contributed by atoms with Crippen LogP contribution >= 0.6 is 27.5 Å². The average Bonchev–Trinajstić information content (AvgIpc) is 2.28. The van der Waals surface area contributed by atoms with E-state index in [1.807, 2.05) is 31.2 Å². The van der Waals surface area contributed by atoms with Gasteiger partial charge in [-0.05, 0) is 31.2 Å². The van der Waals surface area contributed by atoms with Gasteiger partial charge in [-0.25, -0.2) is 9.97 Å². The molecule has 0 aliphatic heterocycles. The first-order valence-corrected chi connectivity index (χ1v) is 6.30. The van der Waals surface area contributed by atoms with Crippen LogP contribution in [0.25, 0.3) is 0 Å². The van der Waals surface area contributed by atoms with E-state index in [9.17, 15) is 0 Å². The molecule has 17 heavy (non-hydrogen) atoms. The maximum Gasteiger partial charge on any atom is 0.125 e. The molecule has 0 aliphatic carbocycles. The van der Waals surface area contributed by atoms with E-state index in [1.165, 1.54) is 0 Å². The first-order chi connectivity index (χ1) is 8.15. The summed E-state index contributed by atoms with van der Waals surface area (Å²) < 4.78 is 0.964. The Labute approximate surface area is 113 Å². The molecule has 0 aliphatic rings. The minimum absolute atomic E-state index is 0.630. The Bertz CT molecular complexity index is 531. The summed E-state index contributed by atoms with van der Waals surface area (Å²) in [4.78, 5) is 8.36. The zero-order chi connectivity index (χ0) is 12.3. The Kier molecular flexibility index (Phi) is 3.97. The molecule has 0 amide bonds. The average molecular weight is 313 g/mol. The van der Waals surface area contributed by atoms with Gasteiger partial charge in [0, 0.05) is 10.7 Å². The van der Waals surface area contributed by atoms with Gasteiger partial charge in [-0.1, -0.05) is 27.5 Å². The molecule has 1 aromatic carbocycles. The van der Waals surface area contributed by atoms with E-state index in [0.717, 1.165) is 21.7 Å². The molecule has 1 N–H and O–H groups in total. The summed E-state index contributed by atoms with van der Waals surface area (Å²) in [7, 11) is 0. The Morgan fingerprint density at radius 2 is 2.18 bits per heavy atom. The third-order valence-corrected chi connectivity index (χ3v) is 3.03. The van der Waals surface area contributed by atoms with Crippen molar-refractivity contribution < 1.29 is 0 Å². The monoisotopic (exact) mass is 311 g/mol. The summed E-state index contributed by atoms with van der Waals surface area (Å²) in [5, 5.41) is 3.93. The van der Waals surface area contributed by atoms with Gasteiger partial charge >= 0.3 is 0 Å². The van der Waals surface area contributed by atoms with Crippen LogP contribution in [0, 0.1) is 6.92 Å². The molecule has 1 heterocycles. The predicted molar refractivity (Wildman–Crippen MR) is 73.2 cm³/mol. The molecule has 0 unspecified atom stereocenters. The molecule has 88 valence electrons. The van der Waals surface area contributed by atoms with E-state index >= 15 is 0 Å². The van der Waals surface area contributed by atoms with Gasteiger partial charge in [-0.3, -0.25) is 0 Å². The number of halogens is 2. The molecule has 2 aromatic rings. The number of anilines is 1. The maximum atomic E-state index is 6.10. The van der Waals surface area contributed by atoms with Gasteiger partial charge in [0.2, 0.25) is 0 Å². The summed E-state index contributed by atoms with van der Waals surface area (Å²) in [5.74, 6) is 0.770. The lowest BCUT2D eigenvalue weighted by Gasteiger charge is -2.08. The quantitative estimate of drug-likeness (QED) is 0.936. The highest BCUT2D eigenvalue weighted by atomic mass is 79.9. The van der Waals surface area contributed by atoms with Crippen molar-refractivity contribution in [2.45, 2.75) is 13.5 Å². The number of aromatic nitrogens is 2. The number of rotatable bonds is 3. The molecule has 3 nitrogen and oxygen atoms in total. The van der Waals surface area contributed by atoms with Gasteiger partial charge in [0.15, 0.2) is 0 Å². The van der Waals surface area contributed by atoms with Crippen LogP contribution in [0.15, 0.2) is 34.9 Å². The molecule has 5 heteroatoms. The van der Waals surface area contributed by atoms with Crippen LogP contribution in [0.3, 0.4) is 0 Å². The fraction of sp³-hybridized carbons (Fsp3) is 0.167. The third kappa shape index (κ3) is 3.41. The largest absolute Gasteiger partial charge is 0.378 e. The molecule has 0 fully saturated rings. The minimum Gasteiger partial charge on any atom is -0.378 e. The summed E-state index contributed by atoms with van der Waals surface area (Å²) in [5.41, 5.74) is 1.84. The van der Waals surface area contributed by atoms with Gasteiger partial charge in [-0.15, -0.1) is 0 Å². The summed E-state index contributed by atoms with van der Waals surface area (Å²) in [6.07, 6.45) is 1.75. The molecule has 0 saturated carbocycles. The van der Waals surface area contributed by atoms with Crippen molar-refractivity contribution in [1.29, 1.82) is 0 Å². The number of hydrogen-bond acceptors (Lipinski definition) is 3. The fourth-order valence-electron chi connectivity index (χ4n) is 1.42. The minimum atomic E-state index is 0.630. The van der Waals surface area contributed by atoms with E-state index in [0.29, 0.717) is 11.6 Å². The van der Waals surface area contributed by atoms with Crippen LogP contribution in [0.5, 0.6) is 0 Å². The van der Waals surface area contributed by atoms with Crippen molar-refractivity contribution in [3.63, 3.8) is 0 Å². The topological polar surface area (TPSA) is 37.8 Å². The number of aryl methyl sites for hydroxylation is 1. The van der Waals surface area contributed by atoms with Gasteiger partial charge in [0.1, 0.15) is 5.82 Å². The summed E-state index contributed by atoms with van der Waals surface area (Å²) in [6, 6.07) is 7.61. The lowest BCUT2D eigenvalue weighted by Crippen LogP contribution is -2.03. The molecule has 1 aromatic heterocycles. The van der Waals surface area contributed by atoms with Crippen molar-refractivity contribution >= 4 is 33.2 Å². The van der Waals surface area contributed by atoms with Crippen LogP contribution in [0.2, 0.25) is 5.02 Å². The maximum absolute atomic E-state index is 6.10. The van der Waals surface area contributed by atoms with Crippen molar-refractivity contribution in [3.8, 4) is 0 Å². The Morgan fingerprint density at radius 3 is 2.88 bits per heavy atom. The van der Waals surface area contributed by atoms with Crippen molar-refractivity contribution in [2.24, 2.45) is 0 Å². The molecule has 0 spiro atoms. The van der Waals surface area contributed by atoms with Gasteiger partial charge in [0.25, 0.3) is 0 Å². The second-order valence-corrected chi connectivity index (χ2v) is 4.90. The third-order valence-electron chi connectivity index (χ3n) is 2.22. The highest BCUT2D eigenvalue weighted by Gasteiger charge is 2.01. The first kappa shape index (κ1) is 12.3. The van der Waals surface area contributed by atoms with Crippen LogP contribution < -0.4 is 5.32 Å². The van der Waals surface area contributed by atoms with E-state index in [4.69, 9.17) is 11.6 Å². The van der Waals surface area contributed by atoms with Crippen LogP contribution in [-0.2, 0) is 6.54 Å². The molecule has 0 radical (unpaired) electrons. The van der Waals surface area contributed by atoms with Gasteiger partial charge in [0.05, 0.1) is 22.9 Å². The standard InChI is InChI=1S/C12H11BrClN3/c1-8-15-5-4-10(17-8)7-16-12-3-2-9(13)6-11(12)14/h2-6,16H,7H2,1H3. The smallest absolute Gasteiger partial charge is 0.125 e. The highest BCUT2D eigenvalue weighted by Crippen LogP contribution is 2.25. The van der Waals surface area contributed by atoms with Gasteiger partial charge in [-0.2, -0.15) is 0 Å². The van der Waals surface area contributed by atoms with E-state index in [1.54, 1.807) is 6.20 Å². The molecule has 2 rings (SSSR count). The summed E-state index contributed by atoms with van der Waals surface area (Å²) in [6.45, 7) is 2.50. The van der Waals surface area contributed by atoms with Gasteiger partial charge < -0.3 is 5.32 Å². The Hall–Kier alpha value is -1.13.